The van der Waals surface area contributed by atoms with Gasteiger partial charge in [-0.1, -0.05) is 24.3 Å². The Morgan fingerprint density at radius 3 is 2.65 bits per heavy atom. The molecule has 4 nitrogen and oxygen atoms in total. The van der Waals surface area contributed by atoms with Crippen LogP contribution in [-0.4, -0.2) is 37.1 Å². The number of amides is 1. The zero-order valence-electron chi connectivity index (χ0n) is 13.3. The molecule has 0 N–H and O–H groups in total. The van der Waals surface area contributed by atoms with Gasteiger partial charge in [0.1, 0.15) is 17.6 Å². The van der Waals surface area contributed by atoms with Gasteiger partial charge in [-0.05, 0) is 43.2 Å². The third-order valence-electron chi connectivity index (χ3n) is 4.03. The molecule has 1 saturated heterocycles. The van der Waals surface area contributed by atoms with Crippen molar-refractivity contribution in [3.8, 4) is 11.5 Å². The average Bonchev–Trinajstić information content (AvgIpc) is 2.62. The highest BCUT2D eigenvalue weighted by atomic mass is 16.5. The summed E-state index contributed by atoms with van der Waals surface area (Å²) < 4.78 is 11.2. The number of para-hydroxylation sites is 1. The molecular formula is C19H21NO3. The fraction of sp³-hybridized carbons (Fsp3) is 0.316. The van der Waals surface area contributed by atoms with E-state index in [0.29, 0.717) is 17.9 Å². The van der Waals surface area contributed by atoms with Crippen LogP contribution in [-0.2, 0) is 0 Å². The molecular weight excluding hydrogens is 290 g/mol. The van der Waals surface area contributed by atoms with Gasteiger partial charge in [0.15, 0.2) is 0 Å². The molecule has 0 bridgehead atoms. The Bertz CT molecular complexity index is 657. The van der Waals surface area contributed by atoms with E-state index < -0.39 is 0 Å². The number of carbonyl (C=O) groups excluding carboxylic acids is 1. The number of ether oxygens (including phenoxy) is 2. The molecule has 0 aliphatic carbocycles. The highest BCUT2D eigenvalue weighted by Crippen LogP contribution is 2.21. The second-order valence-electron chi connectivity index (χ2n) is 5.68. The first-order chi connectivity index (χ1) is 11.3. The predicted octanol–water partition coefficient (Wildman–Crippen LogP) is 3.38. The van der Waals surface area contributed by atoms with Crippen LogP contribution < -0.4 is 9.47 Å². The molecule has 1 heterocycles. The molecule has 23 heavy (non-hydrogen) atoms. The van der Waals surface area contributed by atoms with Crippen molar-refractivity contribution < 1.29 is 14.3 Å². The zero-order valence-corrected chi connectivity index (χ0v) is 13.3. The van der Waals surface area contributed by atoms with Crippen molar-refractivity contribution in [2.24, 2.45) is 0 Å². The SMILES string of the molecule is COc1cccc(C(=O)N2CCCC(Oc3ccccc3)C2)c1. The number of hydrogen-bond acceptors (Lipinski definition) is 3. The van der Waals surface area contributed by atoms with Gasteiger partial charge in [-0.3, -0.25) is 4.79 Å². The number of methoxy groups -OCH3 is 1. The van der Waals surface area contributed by atoms with E-state index in [-0.39, 0.29) is 12.0 Å². The van der Waals surface area contributed by atoms with E-state index in [9.17, 15) is 4.79 Å². The Morgan fingerprint density at radius 2 is 1.87 bits per heavy atom. The molecule has 1 atom stereocenters. The van der Waals surface area contributed by atoms with E-state index in [1.807, 2.05) is 53.4 Å². The number of hydrogen-bond donors (Lipinski definition) is 0. The van der Waals surface area contributed by atoms with Crippen LogP contribution in [0.5, 0.6) is 11.5 Å². The van der Waals surface area contributed by atoms with Crippen molar-refractivity contribution in [1.82, 2.24) is 4.90 Å². The lowest BCUT2D eigenvalue weighted by Gasteiger charge is -2.33. The Balaban J connectivity index is 1.66. The molecule has 1 unspecified atom stereocenters. The largest absolute Gasteiger partial charge is 0.497 e. The van der Waals surface area contributed by atoms with Gasteiger partial charge in [-0.2, -0.15) is 0 Å². The van der Waals surface area contributed by atoms with Crippen LogP contribution >= 0.6 is 0 Å². The lowest BCUT2D eigenvalue weighted by Crippen LogP contribution is -2.44. The predicted molar refractivity (Wildman–Crippen MR) is 89.0 cm³/mol. The second-order valence-corrected chi connectivity index (χ2v) is 5.68. The van der Waals surface area contributed by atoms with Crippen LogP contribution in [0.4, 0.5) is 0 Å². The molecule has 1 fully saturated rings. The average molecular weight is 311 g/mol. The first-order valence-electron chi connectivity index (χ1n) is 7.91. The second kappa shape index (κ2) is 7.18. The minimum absolute atomic E-state index is 0.0326. The maximum atomic E-state index is 12.7. The van der Waals surface area contributed by atoms with Crippen LogP contribution in [0.1, 0.15) is 23.2 Å². The van der Waals surface area contributed by atoms with E-state index in [2.05, 4.69) is 0 Å². The molecule has 3 rings (SSSR count). The highest BCUT2D eigenvalue weighted by Gasteiger charge is 2.25. The first kappa shape index (κ1) is 15.4. The maximum Gasteiger partial charge on any atom is 0.254 e. The number of piperidine rings is 1. The molecule has 2 aromatic carbocycles. The van der Waals surface area contributed by atoms with E-state index in [0.717, 1.165) is 25.1 Å². The monoisotopic (exact) mass is 311 g/mol. The van der Waals surface area contributed by atoms with Gasteiger partial charge in [-0.15, -0.1) is 0 Å². The third kappa shape index (κ3) is 3.83. The molecule has 0 spiro atoms. The lowest BCUT2D eigenvalue weighted by molar-refractivity contribution is 0.0537. The van der Waals surface area contributed by atoms with Crippen molar-refractivity contribution in [2.75, 3.05) is 20.2 Å². The van der Waals surface area contributed by atoms with Crippen molar-refractivity contribution in [1.29, 1.82) is 0 Å². The quantitative estimate of drug-likeness (QED) is 0.869. The van der Waals surface area contributed by atoms with Crippen molar-refractivity contribution >= 4 is 5.91 Å². The lowest BCUT2D eigenvalue weighted by atomic mass is 10.1. The number of benzene rings is 2. The highest BCUT2D eigenvalue weighted by molar-refractivity contribution is 5.94. The van der Waals surface area contributed by atoms with Crippen LogP contribution in [0.15, 0.2) is 54.6 Å². The Morgan fingerprint density at radius 1 is 1.09 bits per heavy atom. The van der Waals surface area contributed by atoms with Crippen molar-refractivity contribution in [3.63, 3.8) is 0 Å². The molecule has 1 aliphatic rings. The fourth-order valence-electron chi connectivity index (χ4n) is 2.85. The van der Waals surface area contributed by atoms with Crippen molar-refractivity contribution in [2.45, 2.75) is 18.9 Å². The first-order valence-corrected chi connectivity index (χ1v) is 7.91. The van der Waals surface area contributed by atoms with Gasteiger partial charge in [0.2, 0.25) is 0 Å². The summed E-state index contributed by atoms with van der Waals surface area (Å²) >= 11 is 0. The standard InChI is InChI=1S/C19H21NO3/c1-22-17-10-5-7-15(13-17)19(21)20-12-6-11-18(14-20)23-16-8-3-2-4-9-16/h2-5,7-10,13,18H,6,11-12,14H2,1H3. The number of likely N-dealkylation sites (tertiary alicyclic amines) is 1. The summed E-state index contributed by atoms with van der Waals surface area (Å²) in [6.07, 6.45) is 1.96. The molecule has 2 aromatic rings. The summed E-state index contributed by atoms with van der Waals surface area (Å²) in [5, 5.41) is 0. The van der Waals surface area contributed by atoms with Gasteiger partial charge < -0.3 is 14.4 Å². The molecule has 0 radical (unpaired) electrons. The van der Waals surface area contributed by atoms with E-state index in [1.165, 1.54) is 0 Å². The molecule has 1 amide bonds. The van der Waals surface area contributed by atoms with Crippen LogP contribution in [0, 0.1) is 0 Å². The smallest absolute Gasteiger partial charge is 0.254 e. The van der Waals surface area contributed by atoms with Crippen LogP contribution in [0.2, 0.25) is 0 Å². The van der Waals surface area contributed by atoms with Gasteiger partial charge >= 0.3 is 0 Å². The summed E-state index contributed by atoms with van der Waals surface area (Å²) in [5.74, 6) is 1.59. The maximum absolute atomic E-state index is 12.7. The minimum atomic E-state index is 0.0326. The topological polar surface area (TPSA) is 38.8 Å². The summed E-state index contributed by atoms with van der Waals surface area (Å²) in [6.45, 7) is 1.38. The molecule has 0 saturated carbocycles. The Kier molecular flexibility index (Phi) is 4.81. The third-order valence-corrected chi connectivity index (χ3v) is 4.03. The zero-order chi connectivity index (χ0) is 16.1. The summed E-state index contributed by atoms with van der Waals surface area (Å²) in [6, 6.07) is 17.1. The summed E-state index contributed by atoms with van der Waals surface area (Å²) in [4.78, 5) is 14.5. The minimum Gasteiger partial charge on any atom is -0.497 e. The van der Waals surface area contributed by atoms with Crippen molar-refractivity contribution in [3.05, 3.63) is 60.2 Å². The van der Waals surface area contributed by atoms with E-state index >= 15 is 0 Å². The Hall–Kier alpha value is -2.49. The van der Waals surface area contributed by atoms with Gasteiger partial charge in [-0.25, -0.2) is 0 Å². The Labute approximate surface area is 136 Å². The van der Waals surface area contributed by atoms with Gasteiger partial charge in [0.05, 0.1) is 13.7 Å². The normalized spacial score (nSPS) is 17.6. The summed E-state index contributed by atoms with van der Waals surface area (Å²) in [5.41, 5.74) is 0.657. The fourth-order valence-corrected chi connectivity index (χ4v) is 2.85. The summed E-state index contributed by atoms with van der Waals surface area (Å²) in [7, 11) is 1.61. The number of rotatable bonds is 4. The van der Waals surface area contributed by atoms with Gasteiger partial charge in [0, 0.05) is 12.1 Å². The number of carbonyl (C=O) groups is 1. The van der Waals surface area contributed by atoms with Crippen LogP contribution in [0.25, 0.3) is 0 Å². The number of nitrogens with zero attached hydrogens (tertiary/aromatic N) is 1. The van der Waals surface area contributed by atoms with E-state index in [4.69, 9.17) is 9.47 Å². The molecule has 1 aliphatic heterocycles. The van der Waals surface area contributed by atoms with Crippen LogP contribution in [0.3, 0.4) is 0 Å². The molecule has 4 heteroatoms. The molecule has 0 aromatic heterocycles. The van der Waals surface area contributed by atoms with Gasteiger partial charge in [0.25, 0.3) is 5.91 Å². The van der Waals surface area contributed by atoms with E-state index in [1.54, 1.807) is 13.2 Å². The molecule has 120 valence electrons.